The number of nitrogens with one attached hydrogen (secondary N) is 1. The summed E-state index contributed by atoms with van der Waals surface area (Å²) in [7, 11) is -8.89. The summed E-state index contributed by atoms with van der Waals surface area (Å²) < 4.78 is 90.1. The Morgan fingerprint density at radius 2 is 1.88 bits per heavy atom. The summed E-state index contributed by atoms with van der Waals surface area (Å²) in [6, 6.07) is 5.44. The molecule has 3 heterocycles. The molecule has 3 aromatic heterocycles. The van der Waals surface area contributed by atoms with Crippen molar-refractivity contribution in [2.75, 3.05) is 5.75 Å². The number of halogens is 3. The van der Waals surface area contributed by atoms with E-state index < -0.39 is 30.0 Å². The average Bonchev–Trinajstić information content (AvgIpc) is 3.41. The van der Waals surface area contributed by atoms with E-state index in [2.05, 4.69) is 20.1 Å². The van der Waals surface area contributed by atoms with Crippen LogP contribution in [-0.2, 0) is 19.6 Å². The van der Waals surface area contributed by atoms with Crippen LogP contribution in [0, 0.1) is 4.78 Å². The molecule has 4 aromatic rings. The minimum absolute atomic E-state index is 0.00562. The van der Waals surface area contributed by atoms with Crippen LogP contribution in [0.4, 0.5) is 13.2 Å². The molecule has 0 aliphatic rings. The smallest absolute Gasteiger partial charge is 0.435 e. The molecule has 1 atom stereocenters. The highest BCUT2D eigenvalue weighted by atomic mass is 32.2. The molecule has 1 unspecified atom stereocenters. The maximum absolute atomic E-state index is 13.0. The first-order chi connectivity index (χ1) is 14.9. The lowest BCUT2D eigenvalue weighted by Gasteiger charge is -2.10. The van der Waals surface area contributed by atoms with Gasteiger partial charge in [-0.3, -0.25) is 0 Å². The van der Waals surface area contributed by atoms with Gasteiger partial charge in [0.15, 0.2) is 31.0 Å². The van der Waals surface area contributed by atoms with Crippen molar-refractivity contribution in [2.24, 2.45) is 0 Å². The predicted molar refractivity (Wildman–Crippen MR) is 105 cm³/mol. The third-order valence-corrected chi connectivity index (χ3v) is 7.76. The van der Waals surface area contributed by atoms with Gasteiger partial charge >= 0.3 is 5.51 Å². The Morgan fingerprint density at radius 3 is 2.50 bits per heavy atom. The lowest BCUT2D eigenvalue weighted by molar-refractivity contribution is -0.0406. The Kier molecular flexibility index (Phi) is 5.04. The van der Waals surface area contributed by atoms with Crippen molar-refractivity contribution in [2.45, 2.75) is 22.2 Å². The van der Waals surface area contributed by atoms with Crippen LogP contribution in [0.2, 0.25) is 0 Å². The Morgan fingerprint density at radius 1 is 1.12 bits per heavy atom. The number of pyridine rings is 1. The molecule has 1 N–H and O–H groups in total. The largest absolute Gasteiger partial charge is 0.483 e. The summed E-state index contributed by atoms with van der Waals surface area (Å²) in [6.45, 7) is 1.44. The number of aromatic nitrogens is 5. The molecule has 0 saturated carbocycles. The second kappa shape index (κ2) is 7.37. The van der Waals surface area contributed by atoms with Gasteiger partial charge in [0.1, 0.15) is 23.9 Å². The summed E-state index contributed by atoms with van der Waals surface area (Å²) in [5.41, 5.74) is -5.60. The molecule has 0 fully saturated rings. The molecule has 0 radical (unpaired) electrons. The van der Waals surface area contributed by atoms with Crippen LogP contribution < -0.4 is 0 Å². The van der Waals surface area contributed by atoms with Crippen molar-refractivity contribution in [1.82, 2.24) is 24.7 Å². The van der Waals surface area contributed by atoms with Gasteiger partial charge in [-0.1, -0.05) is 6.92 Å². The van der Waals surface area contributed by atoms with Gasteiger partial charge in [0.05, 0.1) is 15.5 Å². The molecule has 0 aliphatic heterocycles. The number of oxazole rings is 1. The quantitative estimate of drug-likeness (QED) is 0.453. The number of nitrogens with zero attached hydrogens (tertiary/aromatic N) is 5. The number of fused-ring (bicyclic) bond motifs is 1. The van der Waals surface area contributed by atoms with Crippen molar-refractivity contribution in [3.8, 4) is 17.4 Å². The average molecular weight is 486 g/mol. The van der Waals surface area contributed by atoms with Gasteiger partial charge in [0.2, 0.25) is 5.89 Å². The number of rotatable bonds is 5. The van der Waals surface area contributed by atoms with Crippen molar-refractivity contribution in [3.05, 3.63) is 43.0 Å². The van der Waals surface area contributed by atoms with Crippen LogP contribution in [0.3, 0.4) is 0 Å². The molecule has 0 saturated heterocycles. The van der Waals surface area contributed by atoms with E-state index in [0.717, 1.165) is 18.2 Å². The molecular formula is C17H13F3N6O4S2. The van der Waals surface area contributed by atoms with Crippen molar-refractivity contribution < 1.29 is 30.2 Å². The summed E-state index contributed by atoms with van der Waals surface area (Å²) in [6.07, 6.45) is 2.58. The SMILES string of the molecule is CCS(=O)(=O)c1ccc(-n2cncn2)nc1-c1nc2cc(S(=N)(=O)C(F)(F)F)ccc2o1. The fraction of sp³-hybridized carbons (Fsp3) is 0.176. The van der Waals surface area contributed by atoms with E-state index in [0.29, 0.717) is 0 Å². The predicted octanol–water partition coefficient (Wildman–Crippen LogP) is 3.19. The zero-order chi connectivity index (χ0) is 23.3. The molecule has 32 heavy (non-hydrogen) atoms. The maximum Gasteiger partial charge on any atom is 0.483 e. The van der Waals surface area contributed by atoms with Crippen molar-refractivity contribution in [3.63, 3.8) is 0 Å². The first-order valence-electron chi connectivity index (χ1n) is 8.79. The fourth-order valence-corrected chi connectivity index (χ4v) is 4.59. The molecule has 0 bridgehead atoms. The van der Waals surface area contributed by atoms with Gasteiger partial charge < -0.3 is 4.42 Å². The van der Waals surface area contributed by atoms with Gasteiger partial charge in [-0.2, -0.15) is 18.3 Å². The number of sulfone groups is 1. The van der Waals surface area contributed by atoms with Crippen LogP contribution in [0.15, 0.2) is 57.2 Å². The number of hydrogen-bond donors (Lipinski definition) is 1. The lowest BCUT2D eigenvalue weighted by atomic mass is 10.3. The fourth-order valence-electron chi connectivity index (χ4n) is 2.77. The Hall–Kier alpha value is -3.33. The van der Waals surface area contributed by atoms with E-state index in [1.54, 1.807) is 0 Å². The molecule has 0 aliphatic carbocycles. The minimum Gasteiger partial charge on any atom is -0.435 e. The highest BCUT2D eigenvalue weighted by molar-refractivity contribution is 7.93. The number of benzene rings is 1. The zero-order valence-electron chi connectivity index (χ0n) is 16.1. The highest BCUT2D eigenvalue weighted by Gasteiger charge is 2.43. The number of alkyl halides is 3. The lowest BCUT2D eigenvalue weighted by Crippen LogP contribution is -2.21. The molecule has 0 spiro atoms. The monoisotopic (exact) mass is 486 g/mol. The van der Waals surface area contributed by atoms with E-state index >= 15 is 0 Å². The van der Waals surface area contributed by atoms with E-state index in [9.17, 15) is 25.8 Å². The summed E-state index contributed by atoms with van der Waals surface area (Å²) in [5, 5.41) is 3.92. The van der Waals surface area contributed by atoms with Gasteiger partial charge in [0.25, 0.3) is 0 Å². The summed E-state index contributed by atoms with van der Waals surface area (Å²) in [4.78, 5) is 11.1. The van der Waals surface area contributed by atoms with E-state index in [1.165, 1.54) is 36.4 Å². The molecule has 10 nitrogen and oxygen atoms in total. The third-order valence-electron chi connectivity index (χ3n) is 4.43. The van der Waals surface area contributed by atoms with Gasteiger partial charge in [-0.25, -0.2) is 37.0 Å². The van der Waals surface area contributed by atoms with Gasteiger partial charge in [-0.05, 0) is 30.3 Å². The van der Waals surface area contributed by atoms with Crippen LogP contribution in [-0.4, -0.2) is 48.6 Å². The molecular weight excluding hydrogens is 473 g/mol. The minimum atomic E-state index is -5.27. The van der Waals surface area contributed by atoms with Crippen molar-refractivity contribution >= 4 is 30.7 Å². The third kappa shape index (κ3) is 3.62. The first-order valence-corrected chi connectivity index (χ1v) is 12.0. The standard InChI is InChI=1S/C17H13F3N6O4S2/c1-2-31(27,28)13-5-6-14(26-9-22-8-23-26)25-15(13)16-24-11-7-10(3-4-12(11)30-16)32(21,29)17(18,19)20/h3-9,21H,2H2,1H3. The van der Waals surface area contributed by atoms with Crippen LogP contribution in [0.5, 0.6) is 0 Å². The topological polar surface area (TPSA) is 145 Å². The second-order valence-corrected chi connectivity index (χ2v) is 10.7. The normalized spacial score (nSPS) is 14.5. The van der Waals surface area contributed by atoms with Crippen LogP contribution in [0.1, 0.15) is 6.92 Å². The van der Waals surface area contributed by atoms with Crippen molar-refractivity contribution in [1.29, 1.82) is 4.78 Å². The molecule has 168 valence electrons. The Labute approximate surface area is 179 Å². The van der Waals surface area contributed by atoms with Crippen LogP contribution in [0.25, 0.3) is 28.5 Å². The van der Waals surface area contributed by atoms with E-state index in [1.807, 2.05) is 0 Å². The number of hydrogen-bond acceptors (Lipinski definition) is 9. The molecule has 4 rings (SSSR count). The first kappa shape index (κ1) is 21.9. The highest BCUT2D eigenvalue weighted by Crippen LogP contribution is 2.34. The Balaban J connectivity index is 1.92. The molecule has 15 heteroatoms. The van der Waals surface area contributed by atoms with E-state index in [4.69, 9.17) is 9.20 Å². The van der Waals surface area contributed by atoms with Crippen LogP contribution >= 0.6 is 0 Å². The zero-order valence-corrected chi connectivity index (χ0v) is 17.7. The maximum atomic E-state index is 13.0. The molecule has 1 aromatic carbocycles. The van der Waals surface area contributed by atoms with Gasteiger partial charge in [-0.15, -0.1) is 0 Å². The Bertz CT molecular complexity index is 1530. The van der Waals surface area contributed by atoms with Gasteiger partial charge in [0, 0.05) is 0 Å². The summed E-state index contributed by atoms with van der Waals surface area (Å²) in [5.74, 6) is -0.335. The van der Waals surface area contributed by atoms with E-state index in [-0.39, 0.29) is 39.2 Å². The summed E-state index contributed by atoms with van der Waals surface area (Å²) >= 11 is 0. The second-order valence-electron chi connectivity index (χ2n) is 6.41. The molecule has 0 amide bonds.